The van der Waals surface area contributed by atoms with Crippen molar-refractivity contribution in [1.82, 2.24) is 5.32 Å². The summed E-state index contributed by atoms with van der Waals surface area (Å²) in [4.78, 5) is 0. The molecule has 1 aromatic rings. The first-order valence-corrected chi connectivity index (χ1v) is 11.7. The van der Waals surface area contributed by atoms with Crippen LogP contribution in [0.5, 0.6) is 0 Å². The van der Waals surface area contributed by atoms with E-state index in [1.165, 1.54) is 18.4 Å². The SMILES string of the molecule is CC(C)[C@@H](CO[Si](C)(C)C)NC(c1ccccc1)C1CC1. The Morgan fingerprint density at radius 3 is 2.24 bits per heavy atom. The van der Waals surface area contributed by atoms with Crippen LogP contribution in [0.15, 0.2) is 30.3 Å². The van der Waals surface area contributed by atoms with Gasteiger partial charge in [-0.1, -0.05) is 44.2 Å². The molecule has 1 unspecified atom stereocenters. The van der Waals surface area contributed by atoms with Crippen molar-refractivity contribution in [3.05, 3.63) is 35.9 Å². The average molecular weight is 306 g/mol. The number of rotatable bonds is 8. The predicted molar refractivity (Wildman–Crippen MR) is 93.0 cm³/mol. The summed E-state index contributed by atoms with van der Waals surface area (Å²) in [6, 6.07) is 11.8. The van der Waals surface area contributed by atoms with Gasteiger partial charge in [-0.2, -0.15) is 0 Å². The lowest BCUT2D eigenvalue weighted by Gasteiger charge is -2.31. The van der Waals surface area contributed by atoms with Crippen LogP contribution in [0.1, 0.15) is 38.3 Å². The summed E-state index contributed by atoms with van der Waals surface area (Å²) in [5.41, 5.74) is 1.43. The summed E-state index contributed by atoms with van der Waals surface area (Å²) >= 11 is 0. The number of benzene rings is 1. The Bertz CT molecular complexity index is 423. The zero-order valence-corrected chi connectivity index (χ0v) is 15.2. The molecule has 2 rings (SSSR count). The molecular weight excluding hydrogens is 274 g/mol. The summed E-state index contributed by atoms with van der Waals surface area (Å²) in [6.45, 7) is 12.2. The lowest BCUT2D eigenvalue weighted by atomic mass is 9.98. The number of hydrogen-bond donors (Lipinski definition) is 1. The molecule has 0 aromatic heterocycles. The molecule has 3 heteroatoms. The highest BCUT2D eigenvalue weighted by molar-refractivity contribution is 6.69. The normalized spacial score (nSPS) is 18.8. The van der Waals surface area contributed by atoms with Gasteiger partial charge in [-0.3, -0.25) is 0 Å². The van der Waals surface area contributed by atoms with Crippen molar-refractivity contribution in [2.24, 2.45) is 11.8 Å². The van der Waals surface area contributed by atoms with Crippen LogP contribution in [0.25, 0.3) is 0 Å². The van der Waals surface area contributed by atoms with Gasteiger partial charge in [0.2, 0.25) is 0 Å². The van der Waals surface area contributed by atoms with Crippen LogP contribution < -0.4 is 5.32 Å². The zero-order chi connectivity index (χ0) is 15.5. The van der Waals surface area contributed by atoms with Gasteiger partial charge in [-0.25, -0.2) is 0 Å². The topological polar surface area (TPSA) is 21.3 Å². The molecule has 0 saturated heterocycles. The van der Waals surface area contributed by atoms with Crippen LogP contribution in [0.2, 0.25) is 19.6 Å². The molecule has 2 nitrogen and oxygen atoms in total. The smallest absolute Gasteiger partial charge is 0.183 e. The second kappa shape index (κ2) is 7.08. The molecular formula is C18H31NOSi. The third-order valence-corrected chi connectivity index (χ3v) is 5.18. The van der Waals surface area contributed by atoms with E-state index in [0.29, 0.717) is 18.0 Å². The molecule has 1 fully saturated rings. The molecule has 1 aromatic carbocycles. The van der Waals surface area contributed by atoms with Gasteiger partial charge in [-0.15, -0.1) is 0 Å². The Labute approximate surface area is 131 Å². The Morgan fingerprint density at radius 1 is 1.14 bits per heavy atom. The molecule has 0 aliphatic heterocycles. The first-order chi connectivity index (χ1) is 9.87. The van der Waals surface area contributed by atoms with E-state index in [1.807, 2.05) is 0 Å². The van der Waals surface area contributed by atoms with E-state index in [1.54, 1.807) is 0 Å². The Balaban J connectivity index is 2.02. The van der Waals surface area contributed by atoms with Crippen molar-refractivity contribution < 1.29 is 4.43 Å². The van der Waals surface area contributed by atoms with Crippen molar-refractivity contribution in [2.45, 2.75) is 58.4 Å². The highest BCUT2D eigenvalue weighted by Gasteiger charge is 2.34. The van der Waals surface area contributed by atoms with Gasteiger partial charge >= 0.3 is 0 Å². The number of hydrogen-bond acceptors (Lipinski definition) is 2. The Hall–Kier alpha value is -0.643. The van der Waals surface area contributed by atoms with Crippen molar-refractivity contribution in [2.75, 3.05) is 6.61 Å². The van der Waals surface area contributed by atoms with E-state index in [4.69, 9.17) is 4.43 Å². The van der Waals surface area contributed by atoms with Crippen LogP contribution in [-0.2, 0) is 4.43 Å². The van der Waals surface area contributed by atoms with Crippen molar-refractivity contribution >= 4 is 8.32 Å². The van der Waals surface area contributed by atoms with E-state index < -0.39 is 8.32 Å². The monoisotopic (exact) mass is 305 g/mol. The predicted octanol–water partition coefficient (Wildman–Crippen LogP) is 4.60. The summed E-state index contributed by atoms with van der Waals surface area (Å²) < 4.78 is 6.17. The molecule has 1 N–H and O–H groups in total. The summed E-state index contributed by atoms with van der Waals surface area (Å²) in [5.74, 6) is 1.40. The van der Waals surface area contributed by atoms with E-state index in [0.717, 1.165) is 12.5 Å². The quantitative estimate of drug-likeness (QED) is 0.709. The maximum absolute atomic E-state index is 6.17. The second-order valence-corrected chi connectivity index (χ2v) is 12.2. The average Bonchev–Trinajstić information content (AvgIpc) is 3.22. The fourth-order valence-corrected chi connectivity index (χ4v) is 3.28. The second-order valence-electron chi connectivity index (χ2n) is 7.67. The molecule has 0 bridgehead atoms. The van der Waals surface area contributed by atoms with Gasteiger partial charge in [0.1, 0.15) is 0 Å². The number of nitrogens with one attached hydrogen (secondary N) is 1. The van der Waals surface area contributed by atoms with E-state index >= 15 is 0 Å². The first-order valence-electron chi connectivity index (χ1n) is 8.32. The third-order valence-electron chi connectivity index (χ3n) is 4.15. The molecule has 0 spiro atoms. The minimum atomic E-state index is -1.45. The summed E-state index contributed by atoms with van der Waals surface area (Å²) in [5, 5.41) is 3.90. The third kappa shape index (κ3) is 5.57. The van der Waals surface area contributed by atoms with Gasteiger partial charge in [0, 0.05) is 18.7 Å². The fraction of sp³-hybridized carbons (Fsp3) is 0.667. The summed E-state index contributed by atoms with van der Waals surface area (Å²) in [6.07, 6.45) is 2.71. The molecule has 2 atom stereocenters. The van der Waals surface area contributed by atoms with Crippen LogP contribution in [0.4, 0.5) is 0 Å². The first kappa shape index (κ1) is 16.7. The highest BCUT2D eigenvalue weighted by Crippen LogP contribution is 2.41. The fourth-order valence-electron chi connectivity index (χ4n) is 2.60. The lowest BCUT2D eigenvalue weighted by Crippen LogP contribution is -2.43. The molecule has 0 amide bonds. The maximum Gasteiger partial charge on any atom is 0.183 e. The lowest BCUT2D eigenvalue weighted by molar-refractivity contribution is 0.207. The molecule has 21 heavy (non-hydrogen) atoms. The minimum Gasteiger partial charge on any atom is -0.416 e. The van der Waals surface area contributed by atoms with E-state index in [-0.39, 0.29) is 0 Å². The summed E-state index contributed by atoms with van der Waals surface area (Å²) in [7, 11) is -1.45. The standard InChI is InChI=1S/C18H31NOSi/c1-14(2)17(13-20-21(3,4)5)19-18(16-11-12-16)15-9-7-6-8-10-15/h6-10,14,16-19H,11-13H2,1-5H3/t17-,18?/m1/s1. The van der Waals surface area contributed by atoms with Crippen LogP contribution in [0, 0.1) is 11.8 Å². The maximum atomic E-state index is 6.17. The van der Waals surface area contributed by atoms with Crippen molar-refractivity contribution in [3.63, 3.8) is 0 Å². The molecule has 1 saturated carbocycles. The van der Waals surface area contributed by atoms with Gasteiger partial charge in [-0.05, 0) is 49.9 Å². The van der Waals surface area contributed by atoms with Gasteiger partial charge < -0.3 is 9.74 Å². The van der Waals surface area contributed by atoms with Gasteiger partial charge in [0.15, 0.2) is 8.32 Å². The largest absolute Gasteiger partial charge is 0.416 e. The molecule has 0 heterocycles. The zero-order valence-electron chi connectivity index (χ0n) is 14.2. The van der Waals surface area contributed by atoms with Crippen LogP contribution in [-0.4, -0.2) is 21.0 Å². The van der Waals surface area contributed by atoms with Gasteiger partial charge in [0.25, 0.3) is 0 Å². The van der Waals surface area contributed by atoms with E-state index in [9.17, 15) is 0 Å². The molecule has 118 valence electrons. The Kier molecular flexibility index (Phi) is 5.64. The molecule has 1 aliphatic rings. The molecule has 1 aliphatic carbocycles. The van der Waals surface area contributed by atoms with Gasteiger partial charge in [0.05, 0.1) is 0 Å². The van der Waals surface area contributed by atoms with Crippen molar-refractivity contribution in [1.29, 1.82) is 0 Å². The van der Waals surface area contributed by atoms with Crippen LogP contribution in [0.3, 0.4) is 0 Å². The van der Waals surface area contributed by atoms with Crippen LogP contribution >= 0.6 is 0 Å². The van der Waals surface area contributed by atoms with E-state index in [2.05, 4.69) is 69.1 Å². The van der Waals surface area contributed by atoms with Crippen molar-refractivity contribution in [3.8, 4) is 0 Å². The highest BCUT2D eigenvalue weighted by atomic mass is 28.4. The minimum absolute atomic E-state index is 0.433. The Morgan fingerprint density at radius 2 is 1.76 bits per heavy atom. The molecule has 0 radical (unpaired) electrons.